The van der Waals surface area contributed by atoms with E-state index in [0.717, 1.165) is 64.2 Å². The Hall–Kier alpha value is -2.35. The third-order valence-electron chi connectivity index (χ3n) is 5.03. The fraction of sp³-hybridized carbons (Fsp3) is 0.483. The van der Waals surface area contributed by atoms with E-state index in [9.17, 15) is 4.79 Å². The predicted molar refractivity (Wildman–Crippen MR) is 135 cm³/mol. The second-order valence-corrected chi connectivity index (χ2v) is 7.84. The lowest BCUT2D eigenvalue weighted by molar-refractivity contribution is -0.142. The predicted octanol–water partition coefficient (Wildman–Crippen LogP) is 8.51. The number of rotatable bonds is 17. The Kier molecular flexibility index (Phi) is 18.0. The van der Waals surface area contributed by atoms with Crippen molar-refractivity contribution in [1.29, 1.82) is 0 Å². The molecule has 1 aliphatic carbocycles. The highest BCUT2D eigenvalue weighted by Gasteiger charge is 2.07. The van der Waals surface area contributed by atoms with Crippen LogP contribution in [-0.4, -0.2) is 12.6 Å². The molecule has 0 unspecified atom stereocenters. The van der Waals surface area contributed by atoms with E-state index in [0.29, 0.717) is 13.0 Å². The summed E-state index contributed by atoms with van der Waals surface area (Å²) in [5, 5.41) is 0. The molecule has 0 aromatic heterocycles. The molecule has 1 aliphatic rings. The van der Waals surface area contributed by atoms with Gasteiger partial charge in [0.15, 0.2) is 0 Å². The average Bonchev–Trinajstić information content (AvgIpc) is 2.80. The van der Waals surface area contributed by atoms with Gasteiger partial charge >= 0.3 is 5.97 Å². The number of carbonyl (C=O) groups excluding carboxylic acids is 1. The minimum absolute atomic E-state index is 0.0534. The smallest absolute Gasteiger partial charge is 0.306 e. The number of carbonyl (C=O) groups is 1. The molecule has 0 amide bonds. The minimum Gasteiger partial charge on any atom is -0.461 e. The van der Waals surface area contributed by atoms with Gasteiger partial charge in [0.2, 0.25) is 0 Å². The molecule has 2 heteroatoms. The Morgan fingerprint density at radius 2 is 1.39 bits per heavy atom. The van der Waals surface area contributed by atoms with Crippen LogP contribution in [0.1, 0.15) is 83.5 Å². The van der Waals surface area contributed by atoms with Gasteiger partial charge in [-0.3, -0.25) is 4.79 Å². The van der Waals surface area contributed by atoms with Gasteiger partial charge < -0.3 is 4.74 Å². The van der Waals surface area contributed by atoms with Gasteiger partial charge in [-0.1, -0.05) is 72.9 Å². The average molecular weight is 423 g/mol. The highest BCUT2D eigenvalue weighted by atomic mass is 16.5. The lowest BCUT2D eigenvalue weighted by Gasteiger charge is -2.12. The van der Waals surface area contributed by atoms with Crippen LogP contribution in [-0.2, 0) is 9.53 Å². The molecule has 0 heterocycles. The Morgan fingerprint density at radius 3 is 1.94 bits per heavy atom. The van der Waals surface area contributed by atoms with Crippen LogP contribution in [0.4, 0.5) is 0 Å². The van der Waals surface area contributed by atoms with Gasteiger partial charge in [-0.05, 0) is 82.6 Å². The molecule has 1 rings (SSSR count). The molecule has 0 aliphatic heterocycles. The maximum Gasteiger partial charge on any atom is 0.306 e. The molecule has 0 bridgehead atoms. The zero-order chi connectivity index (χ0) is 22.2. The molecule has 0 N–H and O–H groups in total. The maximum absolute atomic E-state index is 11.8. The highest BCUT2D eigenvalue weighted by molar-refractivity contribution is 5.69. The monoisotopic (exact) mass is 422 g/mol. The Morgan fingerprint density at radius 1 is 0.806 bits per heavy atom. The number of hydrogen-bond donors (Lipinski definition) is 0. The molecule has 2 nitrogen and oxygen atoms in total. The van der Waals surface area contributed by atoms with Gasteiger partial charge in [0.25, 0.3) is 0 Å². The molecule has 0 radical (unpaired) electrons. The number of ether oxygens (including phenoxy) is 1. The summed E-state index contributed by atoms with van der Waals surface area (Å²) in [5.74, 6) is -0.0534. The quantitative estimate of drug-likeness (QED) is 0.133. The van der Waals surface area contributed by atoms with E-state index in [4.69, 9.17) is 4.74 Å². The molecule has 0 spiro atoms. The standard InChI is InChI=1S/C29H42O2/c1-2-3-4-5-6-7-8-9-10-11-12-13-14-15-16-17-18-19-23-26-29(30)31-27-28-24-21-20-22-25-28/h2,4-5,7-8,10-11,13-14,16-17,24H,1,3,6,9,12,15,18-23,25-27H2/b5-4+,8-7+,11-10+,14-13+,17-16+. The Balaban J connectivity index is 1.91. The SMILES string of the molecule is C=CC/C=C/C/C=C/C/C=C/C/C=C/C/C=C/CCCCC(=O)OCC1=CCCCC1. The molecule has 0 saturated carbocycles. The fourth-order valence-corrected chi connectivity index (χ4v) is 3.21. The second-order valence-electron chi connectivity index (χ2n) is 7.84. The zero-order valence-electron chi connectivity index (χ0n) is 19.4. The van der Waals surface area contributed by atoms with Gasteiger partial charge in [-0.25, -0.2) is 0 Å². The summed E-state index contributed by atoms with van der Waals surface area (Å²) in [4.78, 5) is 11.8. The first-order valence-electron chi connectivity index (χ1n) is 12.0. The largest absolute Gasteiger partial charge is 0.461 e. The van der Waals surface area contributed by atoms with Gasteiger partial charge in [-0.2, -0.15) is 0 Å². The summed E-state index contributed by atoms with van der Waals surface area (Å²) >= 11 is 0. The van der Waals surface area contributed by atoms with Gasteiger partial charge in [0.1, 0.15) is 6.61 Å². The van der Waals surface area contributed by atoms with Crippen LogP contribution >= 0.6 is 0 Å². The molecule has 0 atom stereocenters. The molecule has 0 fully saturated rings. The molecule has 170 valence electrons. The number of unbranched alkanes of at least 4 members (excludes halogenated alkanes) is 2. The summed E-state index contributed by atoms with van der Waals surface area (Å²) in [6.45, 7) is 4.20. The van der Waals surface area contributed by atoms with E-state index in [1.807, 2.05) is 6.08 Å². The Labute approximate surface area is 190 Å². The third-order valence-corrected chi connectivity index (χ3v) is 5.03. The summed E-state index contributed by atoms with van der Waals surface area (Å²) in [6.07, 6.45) is 39.2. The zero-order valence-corrected chi connectivity index (χ0v) is 19.4. The van der Waals surface area contributed by atoms with E-state index < -0.39 is 0 Å². The molecule has 31 heavy (non-hydrogen) atoms. The van der Waals surface area contributed by atoms with Crippen molar-refractivity contribution in [2.24, 2.45) is 0 Å². The van der Waals surface area contributed by atoms with Gasteiger partial charge in [-0.15, -0.1) is 6.58 Å². The van der Waals surface area contributed by atoms with Crippen LogP contribution in [0.5, 0.6) is 0 Å². The normalized spacial score (nSPS) is 15.0. The molecule has 0 aromatic rings. The van der Waals surface area contributed by atoms with Crippen molar-refractivity contribution in [2.75, 3.05) is 6.61 Å². The number of esters is 1. The van der Waals surface area contributed by atoms with Crippen molar-refractivity contribution in [2.45, 2.75) is 83.5 Å². The topological polar surface area (TPSA) is 26.3 Å². The summed E-state index contributed by atoms with van der Waals surface area (Å²) < 4.78 is 5.37. The highest BCUT2D eigenvalue weighted by Crippen LogP contribution is 2.17. The van der Waals surface area contributed by atoms with Gasteiger partial charge in [0.05, 0.1) is 0 Å². The first-order chi connectivity index (χ1) is 15.3. The molecular weight excluding hydrogens is 380 g/mol. The summed E-state index contributed by atoms with van der Waals surface area (Å²) in [7, 11) is 0. The van der Waals surface area contributed by atoms with Crippen molar-refractivity contribution < 1.29 is 9.53 Å². The van der Waals surface area contributed by atoms with E-state index >= 15 is 0 Å². The van der Waals surface area contributed by atoms with Crippen molar-refractivity contribution >= 4 is 5.97 Å². The van der Waals surface area contributed by atoms with Crippen molar-refractivity contribution in [3.63, 3.8) is 0 Å². The fourth-order valence-electron chi connectivity index (χ4n) is 3.21. The summed E-state index contributed by atoms with van der Waals surface area (Å²) in [5.41, 5.74) is 1.30. The second kappa shape index (κ2) is 20.9. The van der Waals surface area contributed by atoms with Crippen molar-refractivity contribution in [1.82, 2.24) is 0 Å². The first kappa shape index (κ1) is 26.7. The van der Waals surface area contributed by atoms with Crippen LogP contribution in [0, 0.1) is 0 Å². The summed E-state index contributed by atoms with van der Waals surface area (Å²) in [6, 6.07) is 0. The Bertz CT molecular complexity index is 644. The molecule has 0 aromatic carbocycles. The maximum atomic E-state index is 11.8. The molecular formula is C29H42O2. The van der Waals surface area contributed by atoms with Crippen molar-refractivity contribution in [3.05, 3.63) is 85.1 Å². The van der Waals surface area contributed by atoms with E-state index in [1.54, 1.807) is 0 Å². The lowest BCUT2D eigenvalue weighted by atomic mass is 10.0. The minimum atomic E-state index is -0.0534. The van der Waals surface area contributed by atoms with Crippen molar-refractivity contribution in [3.8, 4) is 0 Å². The van der Waals surface area contributed by atoms with Gasteiger partial charge in [0, 0.05) is 6.42 Å². The van der Waals surface area contributed by atoms with Crippen LogP contribution < -0.4 is 0 Å². The lowest BCUT2D eigenvalue weighted by Crippen LogP contribution is -2.08. The van der Waals surface area contributed by atoms with E-state index in [-0.39, 0.29) is 5.97 Å². The first-order valence-corrected chi connectivity index (χ1v) is 12.0. The van der Waals surface area contributed by atoms with E-state index in [2.05, 4.69) is 73.4 Å². The van der Waals surface area contributed by atoms with E-state index in [1.165, 1.54) is 18.4 Å². The number of hydrogen-bond acceptors (Lipinski definition) is 2. The van der Waals surface area contributed by atoms with Crippen LogP contribution in [0.3, 0.4) is 0 Å². The van der Waals surface area contributed by atoms with Crippen LogP contribution in [0.2, 0.25) is 0 Å². The van der Waals surface area contributed by atoms with Crippen LogP contribution in [0.25, 0.3) is 0 Å². The van der Waals surface area contributed by atoms with Crippen LogP contribution in [0.15, 0.2) is 85.1 Å². The molecule has 0 saturated heterocycles. The number of allylic oxidation sites excluding steroid dienone is 12. The third kappa shape index (κ3) is 18.2.